The molecule has 0 radical (unpaired) electrons. The molecule has 1 saturated heterocycles. The van der Waals surface area contributed by atoms with Gasteiger partial charge in [0.25, 0.3) is 11.7 Å². The molecule has 0 spiro atoms. The average Bonchev–Trinajstić information content (AvgIpc) is 3.02. The van der Waals surface area contributed by atoms with Crippen LogP contribution in [0.5, 0.6) is 5.75 Å². The Labute approximate surface area is 175 Å². The lowest BCUT2D eigenvalue weighted by atomic mass is 9.95. The van der Waals surface area contributed by atoms with Crippen LogP contribution in [-0.2, 0) is 14.3 Å². The molecule has 7 heteroatoms. The molecule has 1 aliphatic heterocycles. The van der Waals surface area contributed by atoms with E-state index in [9.17, 15) is 14.7 Å². The summed E-state index contributed by atoms with van der Waals surface area (Å²) in [6.07, 6.45) is 0. The van der Waals surface area contributed by atoms with Crippen molar-refractivity contribution < 1.29 is 29.3 Å². The van der Waals surface area contributed by atoms with Gasteiger partial charge in [0.1, 0.15) is 11.5 Å². The second-order valence-corrected chi connectivity index (χ2v) is 6.70. The van der Waals surface area contributed by atoms with Crippen LogP contribution in [0.15, 0.2) is 60.2 Å². The van der Waals surface area contributed by atoms with Crippen molar-refractivity contribution in [1.82, 2.24) is 4.90 Å². The van der Waals surface area contributed by atoms with E-state index in [1.807, 2.05) is 37.3 Å². The predicted molar refractivity (Wildman–Crippen MR) is 111 cm³/mol. The molecular weight excluding hydrogens is 386 g/mol. The molecule has 1 amide bonds. The van der Waals surface area contributed by atoms with E-state index in [0.29, 0.717) is 23.5 Å². The third kappa shape index (κ3) is 4.53. The van der Waals surface area contributed by atoms with Gasteiger partial charge in [-0.2, -0.15) is 0 Å². The lowest BCUT2D eigenvalue weighted by Gasteiger charge is -2.25. The molecule has 2 aromatic carbocycles. The van der Waals surface area contributed by atoms with Gasteiger partial charge in [-0.3, -0.25) is 9.59 Å². The van der Waals surface area contributed by atoms with Crippen LogP contribution in [0.2, 0.25) is 0 Å². The Bertz CT molecular complexity index is 907. The Kier molecular flexibility index (Phi) is 7.21. The Hall–Kier alpha value is -3.16. The van der Waals surface area contributed by atoms with Crippen molar-refractivity contribution in [2.45, 2.75) is 13.0 Å². The number of rotatable bonds is 9. The van der Waals surface area contributed by atoms with Crippen molar-refractivity contribution in [3.63, 3.8) is 0 Å². The van der Waals surface area contributed by atoms with E-state index in [1.165, 1.54) is 4.90 Å². The van der Waals surface area contributed by atoms with Gasteiger partial charge in [-0.05, 0) is 36.8 Å². The van der Waals surface area contributed by atoms with E-state index in [1.54, 1.807) is 24.3 Å². The van der Waals surface area contributed by atoms with Gasteiger partial charge in [0.05, 0.1) is 38.0 Å². The van der Waals surface area contributed by atoms with Crippen molar-refractivity contribution >= 4 is 17.4 Å². The molecule has 1 aliphatic rings. The first-order valence-electron chi connectivity index (χ1n) is 9.83. The number of likely N-dealkylation sites (tertiary alicyclic amines) is 1. The molecule has 0 bridgehead atoms. The van der Waals surface area contributed by atoms with E-state index in [2.05, 4.69) is 0 Å². The number of hydrogen-bond donors (Lipinski definition) is 2. The van der Waals surface area contributed by atoms with Gasteiger partial charge < -0.3 is 24.6 Å². The highest BCUT2D eigenvalue weighted by Gasteiger charge is 2.45. The Balaban J connectivity index is 2.00. The van der Waals surface area contributed by atoms with Gasteiger partial charge >= 0.3 is 0 Å². The first kappa shape index (κ1) is 21.5. The van der Waals surface area contributed by atoms with E-state index >= 15 is 0 Å². The van der Waals surface area contributed by atoms with Gasteiger partial charge in [-0.1, -0.05) is 30.3 Å². The molecule has 30 heavy (non-hydrogen) atoms. The Morgan fingerprint density at radius 2 is 1.73 bits per heavy atom. The van der Waals surface area contributed by atoms with Crippen LogP contribution in [0.25, 0.3) is 5.76 Å². The zero-order chi connectivity index (χ0) is 21.5. The lowest BCUT2D eigenvalue weighted by molar-refractivity contribution is -0.140. The van der Waals surface area contributed by atoms with E-state index in [0.717, 1.165) is 0 Å². The standard InChI is InChI=1S/C23H25NO6/c1-2-30-18-10-8-17(9-11-18)21(26)19-20(16-6-4-3-5-7-16)24(23(28)22(19)27)12-14-29-15-13-25/h3-11,20,25-26H,2,12-15H2,1H3/b21-19+. The minimum Gasteiger partial charge on any atom is -0.507 e. The van der Waals surface area contributed by atoms with Gasteiger partial charge in [0, 0.05) is 12.1 Å². The van der Waals surface area contributed by atoms with Crippen molar-refractivity contribution in [2.75, 3.05) is 33.0 Å². The second kappa shape index (κ2) is 10.0. The predicted octanol–water partition coefficient (Wildman–Crippen LogP) is 2.52. The number of carbonyl (C=O) groups excluding carboxylic acids is 2. The molecular formula is C23H25NO6. The van der Waals surface area contributed by atoms with Gasteiger partial charge in [-0.25, -0.2) is 0 Å². The molecule has 1 heterocycles. The Morgan fingerprint density at radius 1 is 1.03 bits per heavy atom. The fraction of sp³-hybridized carbons (Fsp3) is 0.304. The van der Waals surface area contributed by atoms with E-state index in [-0.39, 0.29) is 37.7 Å². The number of ketones is 1. The summed E-state index contributed by atoms with van der Waals surface area (Å²) in [7, 11) is 0. The minimum absolute atomic E-state index is 0.0394. The van der Waals surface area contributed by atoms with Gasteiger partial charge in [0.2, 0.25) is 0 Å². The lowest BCUT2D eigenvalue weighted by Crippen LogP contribution is -2.33. The van der Waals surface area contributed by atoms with Crippen LogP contribution >= 0.6 is 0 Å². The summed E-state index contributed by atoms with van der Waals surface area (Å²) < 4.78 is 10.7. The number of nitrogens with zero attached hydrogens (tertiary/aromatic N) is 1. The summed E-state index contributed by atoms with van der Waals surface area (Å²) in [6.45, 7) is 2.73. The topological polar surface area (TPSA) is 96.3 Å². The molecule has 158 valence electrons. The molecule has 2 aromatic rings. The normalized spacial score (nSPS) is 18.1. The number of aliphatic hydroxyl groups excluding tert-OH is 2. The zero-order valence-electron chi connectivity index (χ0n) is 16.8. The fourth-order valence-electron chi connectivity index (χ4n) is 3.45. The fourth-order valence-corrected chi connectivity index (χ4v) is 3.45. The third-order valence-electron chi connectivity index (χ3n) is 4.81. The van der Waals surface area contributed by atoms with E-state index < -0.39 is 17.7 Å². The maximum absolute atomic E-state index is 12.9. The first-order valence-corrected chi connectivity index (χ1v) is 9.83. The summed E-state index contributed by atoms with van der Waals surface area (Å²) in [5.41, 5.74) is 1.18. The molecule has 0 saturated carbocycles. The van der Waals surface area contributed by atoms with Crippen LogP contribution in [0, 0.1) is 0 Å². The summed E-state index contributed by atoms with van der Waals surface area (Å²) in [5.74, 6) is -1.01. The average molecular weight is 411 g/mol. The van der Waals surface area contributed by atoms with Crippen LogP contribution in [-0.4, -0.2) is 59.8 Å². The maximum Gasteiger partial charge on any atom is 0.295 e. The van der Waals surface area contributed by atoms with Crippen LogP contribution in [0.4, 0.5) is 0 Å². The highest BCUT2D eigenvalue weighted by atomic mass is 16.5. The Morgan fingerprint density at radius 3 is 2.37 bits per heavy atom. The summed E-state index contributed by atoms with van der Waals surface area (Å²) in [4.78, 5) is 27.0. The van der Waals surface area contributed by atoms with E-state index in [4.69, 9.17) is 14.6 Å². The molecule has 1 fully saturated rings. The maximum atomic E-state index is 12.9. The molecule has 1 unspecified atom stereocenters. The number of carbonyl (C=O) groups is 2. The van der Waals surface area contributed by atoms with Crippen molar-refractivity contribution in [1.29, 1.82) is 0 Å². The smallest absolute Gasteiger partial charge is 0.295 e. The second-order valence-electron chi connectivity index (χ2n) is 6.70. The van der Waals surface area contributed by atoms with Crippen LogP contribution in [0.1, 0.15) is 24.1 Å². The van der Waals surface area contributed by atoms with Crippen molar-refractivity contribution in [3.8, 4) is 5.75 Å². The number of hydrogen-bond acceptors (Lipinski definition) is 6. The highest BCUT2D eigenvalue weighted by molar-refractivity contribution is 6.46. The molecule has 0 aliphatic carbocycles. The molecule has 0 aromatic heterocycles. The highest BCUT2D eigenvalue weighted by Crippen LogP contribution is 2.39. The summed E-state index contributed by atoms with van der Waals surface area (Å²) in [5, 5.41) is 19.8. The number of benzene rings is 2. The molecule has 3 rings (SSSR count). The van der Waals surface area contributed by atoms with Crippen LogP contribution in [0.3, 0.4) is 0 Å². The third-order valence-corrected chi connectivity index (χ3v) is 4.81. The quantitative estimate of drug-likeness (QED) is 0.285. The summed E-state index contributed by atoms with van der Waals surface area (Å²) >= 11 is 0. The monoisotopic (exact) mass is 411 g/mol. The van der Waals surface area contributed by atoms with Gasteiger partial charge in [-0.15, -0.1) is 0 Å². The van der Waals surface area contributed by atoms with Crippen LogP contribution < -0.4 is 4.74 Å². The minimum atomic E-state index is -0.739. The van der Waals surface area contributed by atoms with Gasteiger partial charge in [0.15, 0.2) is 0 Å². The van der Waals surface area contributed by atoms with Crippen molar-refractivity contribution in [2.24, 2.45) is 0 Å². The SMILES string of the molecule is CCOc1ccc(/C(O)=C2\C(=O)C(=O)N(CCOCCO)C2c2ccccc2)cc1. The zero-order valence-corrected chi connectivity index (χ0v) is 16.8. The number of amides is 1. The number of ether oxygens (including phenoxy) is 2. The largest absolute Gasteiger partial charge is 0.507 e. The first-order chi connectivity index (χ1) is 14.6. The number of aliphatic hydroxyl groups is 2. The number of Topliss-reactive ketones (excluding diaryl/α,β-unsaturated/α-hetero) is 1. The molecule has 7 nitrogen and oxygen atoms in total. The summed E-state index contributed by atoms with van der Waals surface area (Å²) in [6, 6.07) is 15.1. The molecule has 2 N–H and O–H groups in total. The molecule has 1 atom stereocenters. The van der Waals surface area contributed by atoms with Crippen molar-refractivity contribution in [3.05, 3.63) is 71.3 Å².